The number of ether oxygens (including phenoxy) is 1. The maximum absolute atomic E-state index is 12.1. The van der Waals surface area contributed by atoms with E-state index in [2.05, 4.69) is 56.0 Å². The van der Waals surface area contributed by atoms with Crippen LogP contribution in [-0.2, 0) is 6.61 Å². The van der Waals surface area contributed by atoms with E-state index < -0.39 is 0 Å². The average molecular weight is 573 g/mol. The van der Waals surface area contributed by atoms with E-state index in [4.69, 9.17) is 16.2 Å². The van der Waals surface area contributed by atoms with Crippen LogP contribution in [0.5, 0.6) is 5.75 Å². The summed E-state index contributed by atoms with van der Waals surface area (Å²) in [5.41, 5.74) is 17.9. The molecule has 1 aliphatic heterocycles. The lowest BCUT2D eigenvalue weighted by Gasteiger charge is -2.40. The smallest absolute Gasteiger partial charge is 0.249 e. The number of primary amides is 1. The SMILES string of the molecule is NC(=O)c1ccccc1[C@H]1CCCN1C[C@H]1C[C@@H](n2cc(-c3cccc(OCc4ccccc4)c3)c3c(N)ncnc32)C1. The number of fused-ring (bicyclic) bond motifs is 1. The third-order valence-electron chi connectivity index (χ3n) is 9.08. The van der Waals surface area contributed by atoms with Gasteiger partial charge in [0, 0.05) is 36.0 Å². The van der Waals surface area contributed by atoms with E-state index in [-0.39, 0.29) is 11.9 Å². The number of aromatic nitrogens is 3. The van der Waals surface area contributed by atoms with Crippen molar-refractivity contribution >= 4 is 22.8 Å². The molecule has 1 saturated heterocycles. The van der Waals surface area contributed by atoms with Gasteiger partial charge >= 0.3 is 0 Å². The molecule has 1 saturated carbocycles. The van der Waals surface area contributed by atoms with E-state index in [1.54, 1.807) is 6.33 Å². The number of hydrogen-bond acceptors (Lipinski definition) is 6. The number of benzene rings is 3. The van der Waals surface area contributed by atoms with Crippen LogP contribution in [0.1, 0.15) is 59.3 Å². The summed E-state index contributed by atoms with van der Waals surface area (Å²) in [4.78, 5) is 23.7. The molecule has 1 aliphatic carbocycles. The Morgan fingerprint density at radius 2 is 1.79 bits per heavy atom. The maximum atomic E-state index is 12.1. The lowest BCUT2D eigenvalue weighted by Crippen LogP contribution is -2.37. The van der Waals surface area contributed by atoms with E-state index >= 15 is 0 Å². The number of rotatable bonds is 9. The number of nitrogens with zero attached hydrogens (tertiary/aromatic N) is 4. The molecular formula is C35H36N6O2. The highest BCUT2D eigenvalue weighted by Gasteiger charge is 2.37. The van der Waals surface area contributed by atoms with Gasteiger partial charge in [-0.05, 0) is 73.0 Å². The van der Waals surface area contributed by atoms with Crippen LogP contribution in [0.4, 0.5) is 5.82 Å². The Bertz CT molecular complexity index is 1760. The van der Waals surface area contributed by atoms with Gasteiger partial charge in [0.25, 0.3) is 0 Å². The second-order valence-electron chi connectivity index (χ2n) is 11.8. The second-order valence-corrected chi connectivity index (χ2v) is 11.8. The summed E-state index contributed by atoms with van der Waals surface area (Å²) < 4.78 is 8.41. The van der Waals surface area contributed by atoms with E-state index in [0.717, 1.165) is 77.8 Å². The molecule has 0 bridgehead atoms. The number of nitrogen functional groups attached to an aromatic ring is 1. The lowest BCUT2D eigenvalue weighted by molar-refractivity contribution is 0.0993. The van der Waals surface area contributed by atoms with Crippen LogP contribution in [0.3, 0.4) is 0 Å². The summed E-state index contributed by atoms with van der Waals surface area (Å²) in [6.45, 7) is 2.56. The van der Waals surface area contributed by atoms with Crippen molar-refractivity contribution in [1.82, 2.24) is 19.4 Å². The van der Waals surface area contributed by atoms with Crippen molar-refractivity contribution in [1.29, 1.82) is 0 Å². The Morgan fingerprint density at radius 3 is 2.63 bits per heavy atom. The molecule has 218 valence electrons. The minimum atomic E-state index is -0.351. The van der Waals surface area contributed by atoms with Gasteiger partial charge in [-0.3, -0.25) is 9.69 Å². The minimum Gasteiger partial charge on any atom is -0.489 e. The van der Waals surface area contributed by atoms with Crippen molar-refractivity contribution in [2.45, 2.75) is 44.4 Å². The summed E-state index contributed by atoms with van der Waals surface area (Å²) in [6.07, 6.45) is 8.05. The molecule has 3 heterocycles. The molecule has 4 N–H and O–H groups in total. The van der Waals surface area contributed by atoms with Crippen molar-refractivity contribution in [2.24, 2.45) is 11.7 Å². The summed E-state index contributed by atoms with van der Waals surface area (Å²) >= 11 is 0. The number of likely N-dealkylation sites (tertiary alicyclic amines) is 1. The van der Waals surface area contributed by atoms with E-state index in [1.165, 1.54) is 0 Å². The van der Waals surface area contributed by atoms with Crippen LogP contribution in [0.2, 0.25) is 0 Å². The Morgan fingerprint density at radius 1 is 0.977 bits per heavy atom. The van der Waals surface area contributed by atoms with Crippen molar-refractivity contribution < 1.29 is 9.53 Å². The van der Waals surface area contributed by atoms with Gasteiger partial charge in [-0.15, -0.1) is 0 Å². The third-order valence-corrected chi connectivity index (χ3v) is 9.08. The number of anilines is 1. The molecule has 0 unspecified atom stereocenters. The Kier molecular flexibility index (Phi) is 7.28. The number of carbonyl (C=O) groups excluding carboxylic acids is 1. The summed E-state index contributed by atoms with van der Waals surface area (Å²) in [6, 6.07) is 26.7. The zero-order chi connectivity index (χ0) is 29.3. The Balaban J connectivity index is 1.09. The molecule has 43 heavy (non-hydrogen) atoms. The molecule has 0 spiro atoms. The molecule has 2 aliphatic rings. The zero-order valence-corrected chi connectivity index (χ0v) is 24.1. The highest BCUT2D eigenvalue weighted by atomic mass is 16.5. The zero-order valence-electron chi connectivity index (χ0n) is 24.1. The topological polar surface area (TPSA) is 112 Å². The summed E-state index contributed by atoms with van der Waals surface area (Å²) in [5, 5.41) is 0.883. The molecular weight excluding hydrogens is 536 g/mol. The van der Waals surface area contributed by atoms with Gasteiger partial charge in [0.2, 0.25) is 5.91 Å². The van der Waals surface area contributed by atoms with E-state index in [1.807, 2.05) is 48.5 Å². The average Bonchev–Trinajstić information content (AvgIpc) is 3.64. The van der Waals surface area contributed by atoms with Gasteiger partial charge in [-0.2, -0.15) is 0 Å². The monoisotopic (exact) mass is 572 g/mol. The van der Waals surface area contributed by atoms with Crippen LogP contribution in [0.25, 0.3) is 22.2 Å². The van der Waals surface area contributed by atoms with Crippen molar-refractivity contribution in [2.75, 3.05) is 18.8 Å². The van der Waals surface area contributed by atoms with Gasteiger partial charge < -0.3 is 20.8 Å². The first-order chi connectivity index (χ1) is 21.0. The van der Waals surface area contributed by atoms with Gasteiger partial charge in [0.1, 0.15) is 30.1 Å². The second kappa shape index (κ2) is 11.5. The highest BCUT2D eigenvalue weighted by molar-refractivity contribution is 6.00. The summed E-state index contributed by atoms with van der Waals surface area (Å²) in [7, 11) is 0. The first-order valence-electron chi connectivity index (χ1n) is 15.1. The van der Waals surface area contributed by atoms with Crippen LogP contribution in [0, 0.1) is 5.92 Å². The first-order valence-corrected chi connectivity index (χ1v) is 15.1. The molecule has 3 aromatic carbocycles. The molecule has 2 aromatic heterocycles. The molecule has 1 atom stereocenters. The van der Waals surface area contributed by atoms with Crippen LogP contribution in [-0.4, -0.2) is 38.4 Å². The molecule has 8 nitrogen and oxygen atoms in total. The maximum Gasteiger partial charge on any atom is 0.249 e. The van der Waals surface area contributed by atoms with Crippen molar-refractivity contribution in [3.8, 4) is 16.9 Å². The minimum absolute atomic E-state index is 0.241. The molecule has 8 heteroatoms. The van der Waals surface area contributed by atoms with Gasteiger partial charge in [0.05, 0.1) is 5.39 Å². The van der Waals surface area contributed by atoms with Gasteiger partial charge in [0.15, 0.2) is 0 Å². The Hall–Kier alpha value is -4.69. The Labute approximate surface area is 251 Å². The van der Waals surface area contributed by atoms with Gasteiger partial charge in [-0.1, -0.05) is 60.7 Å². The van der Waals surface area contributed by atoms with Crippen molar-refractivity contribution in [3.63, 3.8) is 0 Å². The van der Waals surface area contributed by atoms with Gasteiger partial charge in [-0.25, -0.2) is 9.97 Å². The molecule has 5 aromatic rings. The highest BCUT2D eigenvalue weighted by Crippen LogP contribution is 2.45. The number of nitrogens with two attached hydrogens (primary N) is 2. The fourth-order valence-corrected chi connectivity index (χ4v) is 6.92. The predicted octanol–water partition coefficient (Wildman–Crippen LogP) is 6.15. The fourth-order valence-electron chi connectivity index (χ4n) is 6.92. The van der Waals surface area contributed by atoms with Crippen molar-refractivity contribution in [3.05, 3.63) is 108 Å². The summed E-state index contributed by atoms with van der Waals surface area (Å²) in [5.74, 6) is 1.51. The van der Waals surface area contributed by atoms with E-state index in [0.29, 0.717) is 29.9 Å². The normalized spacial score (nSPS) is 20.2. The molecule has 0 radical (unpaired) electrons. The number of hydrogen-bond donors (Lipinski definition) is 2. The third kappa shape index (κ3) is 5.34. The molecule has 7 rings (SSSR count). The molecule has 2 fully saturated rings. The standard InChI is InChI=1S/C35H36N6O2/c36-33-32-30(25-10-6-11-27(18-25)43-21-23-8-2-1-3-9-23)20-41(35(32)39-22-38-33)26-16-24(17-26)19-40-15-7-14-31(40)28-12-4-5-13-29(28)34(37)42/h1-6,8-13,18,20,22,24,26,31H,7,14-17,19,21H2,(H2,37,42)(H2,36,38,39)/t24-,26+,31-/m1/s1. The quantitative estimate of drug-likeness (QED) is 0.219. The lowest BCUT2D eigenvalue weighted by atomic mass is 9.79. The predicted molar refractivity (Wildman–Crippen MR) is 168 cm³/mol. The molecule has 1 amide bonds. The van der Waals surface area contributed by atoms with Crippen LogP contribution in [0.15, 0.2) is 91.4 Å². The van der Waals surface area contributed by atoms with E-state index in [9.17, 15) is 4.79 Å². The number of carbonyl (C=O) groups is 1. The fraction of sp³-hybridized carbons (Fsp3) is 0.286. The van der Waals surface area contributed by atoms with Crippen LogP contribution < -0.4 is 16.2 Å². The largest absolute Gasteiger partial charge is 0.489 e. The number of amides is 1. The van der Waals surface area contributed by atoms with Crippen LogP contribution >= 0.6 is 0 Å². The first kappa shape index (κ1) is 27.2.